The number of ether oxygens (including phenoxy) is 1. The molecule has 0 aromatic heterocycles. The lowest BCUT2D eigenvalue weighted by Gasteiger charge is -2.18. The second-order valence-electron chi connectivity index (χ2n) is 7.42. The minimum absolute atomic E-state index is 0.131. The number of amidine groups is 1. The Morgan fingerprint density at radius 3 is 2.55 bits per heavy atom. The molecule has 164 valence electrons. The van der Waals surface area contributed by atoms with Crippen molar-refractivity contribution in [3.05, 3.63) is 54.1 Å². The molecule has 2 amide bonds. The first kappa shape index (κ1) is 22.7. The first-order chi connectivity index (χ1) is 14.8. The van der Waals surface area contributed by atoms with Gasteiger partial charge in [0.1, 0.15) is 22.6 Å². The van der Waals surface area contributed by atoms with Gasteiger partial charge in [0.05, 0.1) is 18.5 Å². The van der Waals surface area contributed by atoms with E-state index in [9.17, 15) is 18.4 Å². The van der Waals surface area contributed by atoms with Gasteiger partial charge in [-0.1, -0.05) is 25.6 Å². The molecule has 31 heavy (non-hydrogen) atoms. The lowest BCUT2D eigenvalue weighted by Crippen LogP contribution is -2.36. The molecule has 0 aliphatic carbocycles. The van der Waals surface area contributed by atoms with Gasteiger partial charge in [-0.15, -0.1) is 0 Å². The molecule has 1 N–H and O–H groups in total. The van der Waals surface area contributed by atoms with Gasteiger partial charge in [-0.05, 0) is 42.3 Å². The van der Waals surface area contributed by atoms with E-state index in [1.165, 1.54) is 11.8 Å². The van der Waals surface area contributed by atoms with Crippen LogP contribution in [0.25, 0.3) is 0 Å². The Hall–Kier alpha value is -2.94. The zero-order valence-corrected chi connectivity index (χ0v) is 18.2. The highest BCUT2D eigenvalue weighted by Gasteiger charge is 2.39. The van der Waals surface area contributed by atoms with Crippen LogP contribution in [0.5, 0.6) is 5.75 Å². The predicted octanol–water partition coefficient (Wildman–Crippen LogP) is 4.59. The van der Waals surface area contributed by atoms with Crippen molar-refractivity contribution >= 4 is 40.1 Å². The van der Waals surface area contributed by atoms with Crippen molar-refractivity contribution in [1.82, 2.24) is 4.90 Å². The van der Waals surface area contributed by atoms with Crippen LogP contribution in [-0.2, 0) is 9.59 Å². The zero-order chi connectivity index (χ0) is 22.5. The third-order valence-electron chi connectivity index (χ3n) is 4.44. The Morgan fingerprint density at radius 2 is 1.94 bits per heavy atom. The van der Waals surface area contributed by atoms with E-state index in [2.05, 4.69) is 10.3 Å². The molecule has 1 atom stereocenters. The minimum Gasteiger partial charge on any atom is -0.497 e. The summed E-state index contributed by atoms with van der Waals surface area (Å²) in [5.41, 5.74) is 0.524. The maximum Gasteiger partial charge on any atom is 0.242 e. The minimum atomic E-state index is -0.873. The fourth-order valence-electron chi connectivity index (χ4n) is 2.99. The van der Waals surface area contributed by atoms with Crippen LogP contribution in [0, 0.1) is 17.6 Å². The van der Waals surface area contributed by atoms with Gasteiger partial charge in [-0.3, -0.25) is 14.5 Å². The molecule has 1 fully saturated rings. The van der Waals surface area contributed by atoms with Crippen molar-refractivity contribution < 1.29 is 23.1 Å². The van der Waals surface area contributed by atoms with Gasteiger partial charge in [-0.2, -0.15) is 0 Å². The maximum atomic E-state index is 13.8. The molecular formula is C22H23F2N3O3S. The number of carbonyl (C=O) groups excluding carboxylic acids is 2. The number of hydrogen-bond acceptors (Lipinski definition) is 5. The Labute approximate surface area is 183 Å². The number of hydrogen-bond donors (Lipinski definition) is 1. The molecule has 1 aliphatic rings. The van der Waals surface area contributed by atoms with E-state index < -0.39 is 22.8 Å². The number of benzene rings is 2. The van der Waals surface area contributed by atoms with E-state index in [0.717, 1.165) is 12.1 Å². The van der Waals surface area contributed by atoms with E-state index in [-0.39, 0.29) is 23.9 Å². The summed E-state index contributed by atoms with van der Waals surface area (Å²) in [6.45, 7) is 4.44. The van der Waals surface area contributed by atoms with Crippen LogP contribution in [0.3, 0.4) is 0 Å². The third kappa shape index (κ3) is 5.81. The predicted molar refractivity (Wildman–Crippen MR) is 118 cm³/mol. The fraction of sp³-hybridized carbons (Fsp3) is 0.318. The summed E-state index contributed by atoms with van der Waals surface area (Å²) in [5, 5.41) is 2.23. The Kier molecular flexibility index (Phi) is 7.27. The number of carbonyl (C=O) groups is 2. The second kappa shape index (κ2) is 9.91. The van der Waals surface area contributed by atoms with Crippen LogP contribution in [0.4, 0.5) is 20.2 Å². The number of rotatable bonds is 7. The molecule has 0 spiro atoms. The highest BCUT2D eigenvalue weighted by Crippen LogP contribution is 2.33. The Bertz CT molecular complexity index is 996. The van der Waals surface area contributed by atoms with Crippen molar-refractivity contribution in [3.63, 3.8) is 0 Å². The second-order valence-corrected chi connectivity index (χ2v) is 8.59. The van der Waals surface area contributed by atoms with Crippen molar-refractivity contribution in [3.8, 4) is 5.75 Å². The SMILES string of the molecule is COc1ccc(N=C2SC(CC(=O)Nc3ccc(F)cc3F)C(=O)N2CC(C)C)cc1. The molecule has 1 heterocycles. The maximum absolute atomic E-state index is 13.8. The number of aliphatic imine (C=N–C) groups is 1. The van der Waals surface area contributed by atoms with Crippen molar-refractivity contribution in [2.45, 2.75) is 25.5 Å². The van der Waals surface area contributed by atoms with Crippen molar-refractivity contribution in [2.24, 2.45) is 10.9 Å². The van der Waals surface area contributed by atoms with E-state index in [4.69, 9.17) is 4.74 Å². The molecule has 9 heteroatoms. The van der Waals surface area contributed by atoms with Gasteiger partial charge in [0.2, 0.25) is 11.8 Å². The molecule has 1 unspecified atom stereocenters. The number of halogens is 2. The van der Waals surface area contributed by atoms with Crippen LogP contribution in [0.15, 0.2) is 47.5 Å². The number of thioether (sulfide) groups is 1. The number of anilines is 1. The number of nitrogens with one attached hydrogen (secondary N) is 1. The number of amides is 2. The van der Waals surface area contributed by atoms with Crippen LogP contribution in [0.1, 0.15) is 20.3 Å². The monoisotopic (exact) mass is 447 g/mol. The summed E-state index contributed by atoms with van der Waals surface area (Å²) in [4.78, 5) is 31.5. The summed E-state index contributed by atoms with van der Waals surface area (Å²) in [6.07, 6.45) is -0.156. The normalized spacial score (nSPS) is 17.5. The summed E-state index contributed by atoms with van der Waals surface area (Å²) in [6, 6.07) is 10.00. The van der Waals surface area contributed by atoms with Crippen molar-refractivity contribution in [2.75, 3.05) is 19.0 Å². The molecular weight excluding hydrogens is 424 g/mol. The van der Waals surface area contributed by atoms with Gasteiger partial charge in [-0.25, -0.2) is 13.8 Å². The van der Waals surface area contributed by atoms with Crippen LogP contribution >= 0.6 is 11.8 Å². The van der Waals surface area contributed by atoms with Crippen LogP contribution in [0.2, 0.25) is 0 Å². The Morgan fingerprint density at radius 1 is 1.23 bits per heavy atom. The molecule has 2 aromatic rings. The van der Waals surface area contributed by atoms with E-state index in [1.54, 1.807) is 36.3 Å². The molecule has 1 saturated heterocycles. The molecule has 2 aromatic carbocycles. The fourth-order valence-corrected chi connectivity index (χ4v) is 4.15. The summed E-state index contributed by atoms with van der Waals surface area (Å²) in [5.74, 6) is -1.47. The van der Waals surface area contributed by atoms with Crippen molar-refractivity contribution in [1.29, 1.82) is 0 Å². The molecule has 0 radical (unpaired) electrons. The van der Waals surface area contributed by atoms with E-state index in [1.807, 2.05) is 13.8 Å². The van der Waals surface area contributed by atoms with E-state index >= 15 is 0 Å². The molecule has 0 saturated carbocycles. The molecule has 3 rings (SSSR count). The quantitative estimate of drug-likeness (QED) is 0.674. The standard InChI is InChI=1S/C22H23F2N3O3S/c1-13(2)12-27-21(29)19(11-20(28)26-18-9-4-14(23)10-17(18)24)31-22(27)25-15-5-7-16(30-3)8-6-15/h4-10,13,19H,11-12H2,1-3H3,(H,26,28). The lowest BCUT2D eigenvalue weighted by molar-refractivity contribution is -0.128. The number of methoxy groups -OCH3 is 1. The van der Waals surface area contributed by atoms with Gasteiger partial charge < -0.3 is 10.1 Å². The summed E-state index contributed by atoms with van der Waals surface area (Å²) >= 11 is 1.20. The van der Waals surface area contributed by atoms with Gasteiger partial charge >= 0.3 is 0 Å². The summed E-state index contributed by atoms with van der Waals surface area (Å²) < 4.78 is 32.0. The third-order valence-corrected chi connectivity index (χ3v) is 5.62. The zero-order valence-electron chi connectivity index (χ0n) is 17.4. The molecule has 1 aliphatic heterocycles. The van der Waals surface area contributed by atoms with Crippen LogP contribution in [-0.4, -0.2) is 40.8 Å². The Balaban J connectivity index is 1.75. The van der Waals surface area contributed by atoms with Gasteiger partial charge in [0, 0.05) is 19.0 Å². The first-order valence-electron chi connectivity index (χ1n) is 9.72. The molecule has 6 nitrogen and oxygen atoms in total. The smallest absolute Gasteiger partial charge is 0.242 e. The number of nitrogens with zero attached hydrogens (tertiary/aromatic N) is 2. The van der Waals surface area contributed by atoms with Gasteiger partial charge in [0.15, 0.2) is 5.17 Å². The molecule has 0 bridgehead atoms. The average molecular weight is 448 g/mol. The largest absolute Gasteiger partial charge is 0.497 e. The van der Waals surface area contributed by atoms with Crippen LogP contribution < -0.4 is 10.1 Å². The topological polar surface area (TPSA) is 71.0 Å². The average Bonchev–Trinajstić information content (AvgIpc) is 2.99. The highest BCUT2D eigenvalue weighted by molar-refractivity contribution is 8.15. The highest BCUT2D eigenvalue weighted by atomic mass is 32.2. The van der Waals surface area contributed by atoms with E-state index in [0.29, 0.717) is 29.2 Å². The van der Waals surface area contributed by atoms with Gasteiger partial charge in [0.25, 0.3) is 0 Å². The summed E-state index contributed by atoms with van der Waals surface area (Å²) in [7, 11) is 1.57. The first-order valence-corrected chi connectivity index (χ1v) is 10.6. The lowest BCUT2D eigenvalue weighted by atomic mass is 10.2.